The molecule has 3 heteroatoms. The van der Waals surface area contributed by atoms with Gasteiger partial charge in [-0.1, -0.05) is 0 Å². The van der Waals surface area contributed by atoms with Crippen molar-refractivity contribution in [1.29, 1.82) is 0 Å². The fourth-order valence-electron chi connectivity index (χ4n) is 1.52. The van der Waals surface area contributed by atoms with E-state index in [2.05, 4.69) is 18.0 Å². The van der Waals surface area contributed by atoms with Gasteiger partial charge < -0.3 is 14.5 Å². The molecule has 0 aliphatic carbocycles. The quantitative estimate of drug-likeness (QED) is 0.690. The molecule has 0 amide bonds. The van der Waals surface area contributed by atoms with Crippen LogP contribution in [0.5, 0.6) is 0 Å². The molecule has 0 aromatic carbocycles. The van der Waals surface area contributed by atoms with Crippen molar-refractivity contribution >= 4 is 0 Å². The minimum atomic E-state index is -0.168. The first-order valence-corrected chi connectivity index (χ1v) is 4.16. The van der Waals surface area contributed by atoms with Gasteiger partial charge in [-0.05, 0) is 25.5 Å². The van der Waals surface area contributed by atoms with Gasteiger partial charge in [-0.25, -0.2) is 0 Å². The van der Waals surface area contributed by atoms with E-state index in [0.717, 1.165) is 11.4 Å². The van der Waals surface area contributed by atoms with Crippen molar-refractivity contribution in [3.63, 3.8) is 0 Å². The lowest BCUT2D eigenvalue weighted by molar-refractivity contribution is -0.0474. The summed E-state index contributed by atoms with van der Waals surface area (Å²) < 4.78 is 10.8. The van der Waals surface area contributed by atoms with Crippen LogP contribution in [-0.4, -0.2) is 18.2 Å². The molecule has 0 spiro atoms. The Hall–Kier alpha value is -0.800. The minimum Gasteiger partial charge on any atom is -0.358 e. The summed E-state index contributed by atoms with van der Waals surface area (Å²) in [5, 5.41) is 0. The average molecular weight is 167 g/mol. The molecule has 0 atom stereocenters. The molecule has 0 saturated carbocycles. The summed E-state index contributed by atoms with van der Waals surface area (Å²) in [5.74, 6) is 0. The Morgan fingerprint density at radius 1 is 1.33 bits per heavy atom. The topological polar surface area (TPSA) is 34.2 Å². The van der Waals surface area contributed by atoms with E-state index in [1.165, 1.54) is 5.56 Å². The van der Waals surface area contributed by atoms with Crippen LogP contribution in [0.1, 0.15) is 23.2 Å². The number of aromatic amines is 1. The smallest absolute Gasteiger partial charge is 0.199 e. The predicted molar refractivity (Wildman–Crippen MR) is 44.9 cm³/mol. The number of hydrogen-bond donors (Lipinski definition) is 1. The molecule has 1 saturated heterocycles. The molecule has 1 fully saturated rings. The summed E-state index contributed by atoms with van der Waals surface area (Å²) in [6.07, 6.45) is -0.168. The number of ether oxygens (including phenoxy) is 2. The second-order valence-corrected chi connectivity index (χ2v) is 3.12. The molecule has 1 aliphatic heterocycles. The third kappa shape index (κ3) is 1.26. The molecule has 0 radical (unpaired) electrons. The molecule has 66 valence electrons. The number of nitrogens with one attached hydrogen (secondary N) is 1. The molecule has 3 nitrogen and oxygen atoms in total. The summed E-state index contributed by atoms with van der Waals surface area (Å²) in [4.78, 5) is 3.24. The van der Waals surface area contributed by atoms with Crippen LogP contribution in [0.2, 0.25) is 0 Å². The highest BCUT2D eigenvalue weighted by atomic mass is 16.7. The number of rotatable bonds is 1. The van der Waals surface area contributed by atoms with Gasteiger partial charge in [0.2, 0.25) is 0 Å². The van der Waals surface area contributed by atoms with E-state index < -0.39 is 0 Å². The van der Waals surface area contributed by atoms with Crippen molar-refractivity contribution in [2.45, 2.75) is 20.1 Å². The van der Waals surface area contributed by atoms with E-state index >= 15 is 0 Å². The average Bonchev–Trinajstić information content (AvgIpc) is 2.58. The second kappa shape index (κ2) is 2.92. The number of aryl methyl sites for hydroxylation is 2. The van der Waals surface area contributed by atoms with Crippen LogP contribution in [0.25, 0.3) is 0 Å². The Morgan fingerprint density at radius 2 is 2.00 bits per heavy atom. The first kappa shape index (κ1) is 7.83. The lowest BCUT2D eigenvalue weighted by Crippen LogP contribution is -2.00. The van der Waals surface area contributed by atoms with Crippen LogP contribution in [0.15, 0.2) is 6.07 Å². The number of H-pyrrole nitrogens is 1. The van der Waals surface area contributed by atoms with Gasteiger partial charge in [-0.15, -0.1) is 0 Å². The van der Waals surface area contributed by atoms with Gasteiger partial charge >= 0.3 is 0 Å². The highest BCUT2D eigenvalue weighted by Crippen LogP contribution is 2.25. The molecular weight excluding hydrogens is 154 g/mol. The molecule has 2 rings (SSSR count). The largest absolute Gasteiger partial charge is 0.358 e. The van der Waals surface area contributed by atoms with E-state index in [-0.39, 0.29) is 6.29 Å². The van der Waals surface area contributed by atoms with Crippen molar-refractivity contribution in [2.24, 2.45) is 0 Å². The van der Waals surface area contributed by atoms with E-state index in [1.807, 2.05) is 6.92 Å². The van der Waals surface area contributed by atoms with Gasteiger partial charge in [0, 0.05) is 5.69 Å². The molecule has 1 aromatic rings. The third-order valence-corrected chi connectivity index (χ3v) is 2.05. The van der Waals surface area contributed by atoms with Gasteiger partial charge in [-0.2, -0.15) is 0 Å². The fourth-order valence-corrected chi connectivity index (χ4v) is 1.52. The highest BCUT2D eigenvalue weighted by molar-refractivity contribution is 5.24. The molecule has 1 aliphatic rings. The van der Waals surface area contributed by atoms with E-state index in [1.54, 1.807) is 0 Å². The summed E-state index contributed by atoms with van der Waals surface area (Å²) in [7, 11) is 0. The molecule has 0 bridgehead atoms. The number of hydrogen-bond acceptors (Lipinski definition) is 2. The van der Waals surface area contributed by atoms with Gasteiger partial charge in [0.25, 0.3) is 0 Å². The van der Waals surface area contributed by atoms with Crippen LogP contribution in [0, 0.1) is 13.8 Å². The van der Waals surface area contributed by atoms with Crippen LogP contribution < -0.4 is 0 Å². The van der Waals surface area contributed by atoms with Gasteiger partial charge in [-0.3, -0.25) is 0 Å². The second-order valence-electron chi connectivity index (χ2n) is 3.12. The van der Waals surface area contributed by atoms with Crippen molar-refractivity contribution in [3.8, 4) is 0 Å². The van der Waals surface area contributed by atoms with Crippen LogP contribution in [0.4, 0.5) is 0 Å². The Kier molecular flexibility index (Phi) is 1.90. The van der Waals surface area contributed by atoms with Gasteiger partial charge in [0.15, 0.2) is 6.29 Å². The van der Waals surface area contributed by atoms with Gasteiger partial charge in [0.05, 0.1) is 18.9 Å². The predicted octanol–water partition coefficient (Wildman–Crippen LogP) is 1.68. The standard InChI is InChI=1S/C9H13NO2/c1-6-5-7(2)10-8(6)9-11-3-4-12-9/h5,9-10H,3-4H2,1-2H3. The van der Waals surface area contributed by atoms with Crippen molar-refractivity contribution < 1.29 is 9.47 Å². The van der Waals surface area contributed by atoms with Crippen LogP contribution in [-0.2, 0) is 9.47 Å². The van der Waals surface area contributed by atoms with Crippen LogP contribution in [0.3, 0.4) is 0 Å². The zero-order chi connectivity index (χ0) is 8.55. The maximum Gasteiger partial charge on any atom is 0.199 e. The van der Waals surface area contributed by atoms with E-state index in [0.29, 0.717) is 13.2 Å². The molecule has 1 aromatic heterocycles. The fraction of sp³-hybridized carbons (Fsp3) is 0.556. The molecular formula is C9H13NO2. The minimum absolute atomic E-state index is 0.168. The van der Waals surface area contributed by atoms with Crippen molar-refractivity contribution in [3.05, 3.63) is 23.0 Å². The first-order valence-electron chi connectivity index (χ1n) is 4.16. The van der Waals surface area contributed by atoms with E-state index in [4.69, 9.17) is 9.47 Å². The first-order chi connectivity index (χ1) is 5.77. The summed E-state index contributed by atoms with van der Waals surface area (Å²) >= 11 is 0. The maximum absolute atomic E-state index is 5.38. The zero-order valence-electron chi connectivity index (χ0n) is 7.39. The third-order valence-electron chi connectivity index (χ3n) is 2.05. The van der Waals surface area contributed by atoms with Gasteiger partial charge in [0.1, 0.15) is 0 Å². The lowest BCUT2D eigenvalue weighted by Gasteiger charge is -2.07. The normalized spacial score (nSPS) is 18.8. The van der Waals surface area contributed by atoms with Crippen molar-refractivity contribution in [1.82, 2.24) is 4.98 Å². The molecule has 2 heterocycles. The Bertz CT molecular complexity index is 274. The Labute approximate surface area is 71.7 Å². The monoisotopic (exact) mass is 167 g/mol. The molecule has 12 heavy (non-hydrogen) atoms. The Morgan fingerprint density at radius 3 is 2.50 bits per heavy atom. The summed E-state index contributed by atoms with van der Waals surface area (Å²) in [6.45, 7) is 5.49. The van der Waals surface area contributed by atoms with Crippen LogP contribution >= 0.6 is 0 Å². The molecule has 1 N–H and O–H groups in total. The highest BCUT2D eigenvalue weighted by Gasteiger charge is 2.21. The SMILES string of the molecule is Cc1cc(C)c(C2OCCO2)[nH]1. The Balaban J connectivity index is 2.25. The number of aromatic nitrogens is 1. The molecule has 0 unspecified atom stereocenters. The summed E-state index contributed by atoms with van der Waals surface area (Å²) in [5.41, 5.74) is 3.42. The zero-order valence-corrected chi connectivity index (χ0v) is 7.39. The summed E-state index contributed by atoms with van der Waals surface area (Å²) in [6, 6.07) is 2.10. The van der Waals surface area contributed by atoms with Crippen molar-refractivity contribution in [2.75, 3.05) is 13.2 Å². The maximum atomic E-state index is 5.38. The van der Waals surface area contributed by atoms with E-state index in [9.17, 15) is 0 Å². The lowest BCUT2D eigenvalue weighted by atomic mass is 10.2.